The molecule has 6 aliphatic rings. The summed E-state index contributed by atoms with van der Waals surface area (Å²) < 4.78 is 30.0. The monoisotopic (exact) mass is 472 g/mol. The molecule has 1 aromatic rings. The van der Waals surface area contributed by atoms with Crippen LogP contribution in [0.1, 0.15) is 65.0 Å². The van der Waals surface area contributed by atoms with Crippen LogP contribution in [0.5, 0.6) is 0 Å². The Kier molecular flexibility index (Phi) is 3.82. The first-order chi connectivity index (χ1) is 16.0. The van der Waals surface area contributed by atoms with Gasteiger partial charge in [0.1, 0.15) is 18.3 Å². The average molecular weight is 473 g/mol. The van der Waals surface area contributed by atoms with Crippen molar-refractivity contribution in [2.24, 2.45) is 28.1 Å². The Balaban J connectivity index is 1.40. The quantitative estimate of drug-likeness (QED) is 0.491. The molecule has 0 amide bonds. The van der Waals surface area contributed by atoms with Gasteiger partial charge in [-0.3, -0.25) is 4.79 Å². The minimum Gasteiger partial charge on any atom is -0.472 e. The number of aliphatic hydroxyl groups is 1. The largest absolute Gasteiger partial charge is 0.472 e. The zero-order valence-electron chi connectivity index (χ0n) is 20.0. The predicted molar refractivity (Wildman–Crippen MR) is 115 cm³/mol. The molecular formula is C26H32O8. The Morgan fingerprint density at radius 1 is 1.06 bits per heavy atom. The smallest absolute Gasteiger partial charge is 0.339 e. The van der Waals surface area contributed by atoms with Crippen molar-refractivity contribution in [1.29, 1.82) is 0 Å². The summed E-state index contributed by atoms with van der Waals surface area (Å²) in [5.74, 6) is -0.625. The van der Waals surface area contributed by atoms with E-state index in [0.29, 0.717) is 6.42 Å². The van der Waals surface area contributed by atoms with Crippen LogP contribution in [-0.2, 0) is 28.5 Å². The molecule has 34 heavy (non-hydrogen) atoms. The lowest BCUT2D eigenvalue weighted by Gasteiger charge is -2.67. The summed E-state index contributed by atoms with van der Waals surface area (Å²) in [5, 5.41) is 11.9. The number of rotatable bonds is 1. The Labute approximate surface area is 198 Å². The molecule has 4 saturated heterocycles. The first kappa shape index (κ1) is 21.4. The van der Waals surface area contributed by atoms with Gasteiger partial charge in [0.15, 0.2) is 6.10 Å². The molecule has 5 heterocycles. The minimum atomic E-state index is -0.877. The topological polar surface area (TPSA) is 108 Å². The highest BCUT2D eigenvalue weighted by Gasteiger charge is 2.89. The van der Waals surface area contributed by atoms with Crippen molar-refractivity contribution in [3.05, 3.63) is 24.2 Å². The lowest BCUT2D eigenvalue weighted by atomic mass is 9.36. The second kappa shape index (κ2) is 6.08. The Morgan fingerprint density at radius 2 is 1.85 bits per heavy atom. The number of hydrogen-bond acceptors (Lipinski definition) is 8. The fraction of sp³-hybridized carbons (Fsp3) is 0.769. The van der Waals surface area contributed by atoms with Crippen LogP contribution in [0.4, 0.5) is 0 Å². The molecule has 7 rings (SSSR count). The third-order valence-corrected chi connectivity index (χ3v) is 11.0. The minimum absolute atomic E-state index is 0.0318. The summed E-state index contributed by atoms with van der Waals surface area (Å²) in [6.45, 7) is 8.63. The maximum absolute atomic E-state index is 13.2. The standard InChI is InChI=1S/C26H32O8/c1-22(2)15-9-16(27)24(4)14(25(15)12-31-18(28)10-17(25)33-22)5-7-23(3)19(13-6-8-30-11-13)32-21(29)20-26(23,24)34-20/h6,8,11,14-17,19-20,27H,5,7,9-10,12H2,1-4H3/t14-,15-,16+,17-,19-,20?,23-,24-,25+,26?/m0/s1. The summed E-state index contributed by atoms with van der Waals surface area (Å²) in [6.07, 6.45) is 3.27. The number of furan rings is 1. The maximum Gasteiger partial charge on any atom is 0.339 e. The number of ether oxygens (including phenoxy) is 4. The van der Waals surface area contributed by atoms with Gasteiger partial charge in [0.2, 0.25) is 0 Å². The number of hydrogen-bond donors (Lipinski definition) is 1. The number of carbonyl (C=O) groups excluding carboxylic acids is 2. The molecule has 10 atom stereocenters. The van der Waals surface area contributed by atoms with E-state index in [9.17, 15) is 14.7 Å². The van der Waals surface area contributed by atoms with Crippen molar-refractivity contribution in [3.8, 4) is 0 Å². The number of carbonyl (C=O) groups is 2. The van der Waals surface area contributed by atoms with Crippen molar-refractivity contribution >= 4 is 11.9 Å². The number of epoxide rings is 1. The van der Waals surface area contributed by atoms with E-state index in [0.717, 1.165) is 18.4 Å². The third-order valence-electron chi connectivity index (χ3n) is 11.0. The molecule has 1 N–H and O–H groups in total. The van der Waals surface area contributed by atoms with Crippen molar-refractivity contribution < 1.29 is 38.1 Å². The van der Waals surface area contributed by atoms with Crippen LogP contribution in [0.3, 0.4) is 0 Å². The molecule has 0 radical (unpaired) electrons. The fourth-order valence-corrected chi connectivity index (χ4v) is 9.62. The molecule has 8 heteroatoms. The van der Waals surface area contributed by atoms with Crippen LogP contribution in [0.15, 0.2) is 23.0 Å². The van der Waals surface area contributed by atoms with E-state index in [-0.39, 0.29) is 42.9 Å². The molecule has 184 valence electrons. The molecule has 1 aromatic heterocycles. The molecule has 2 aliphatic carbocycles. The zero-order valence-corrected chi connectivity index (χ0v) is 20.0. The van der Waals surface area contributed by atoms with E-state index in [1.165, 1.54) is 0 Å². The van der Waals surface area contributed by atoms with Crippen molar-refractivity contribution in [2.45, 2.75) is 89.0 Å². The normalized spacial score (nSPS) is 54.5. The molecule has 2 saturated carbocycles. The van der Waals surface area contributed by atoms with Crippen LogP contribution in [0.2, 0.25) is 0 Å². The summed E-state index contributed by atoms with van der Waals surface area (Å²) in [7, 11) is 0. The Bertz CT molecular complexity index is 1080. The predicted octanol–water partition coefficient (Wildman–Crippen LogP) is 2.93. The summed E-state index contributed by atoms with van der Waals surface area (Å²) in [5.41, 5.74) is -2.27. The first-order valence-electron chi connectivity index (χ1n) is 12.4. The van der Waals surface area contributed by atoms with Gasteiger partial charge in [0, 0.05) is 27.7 Å². The molecule has 8 nitrogen and oxygen atoms in total. The van der Waals surface area contributed by atoms with E-state index in [4.69, 9.17) is 23.4 Å². The van der Waals surface area contributed by atoms with Crippen molar-refractivity contribution in [1.82, 2.24) is 0 Å². The van der Waals surface area contributed by atoms with Crippen LogP contribution >= 0.6 is 0 Å². The van der Waals surface area contributed by atoms with Crippen LogP contribution in [-0.4, -0.2) is 53.2 Å². The van der Waals surface area contributed by atoms with Gasteiger partial charge in [-0.25, -0.2) is 4.79 Å². The summed E-state index contributed by atoms with van der Waals surface area (Å²) >= 11 is 0. The van der Waals surface area contributed by atoms with Crippen LogP contribution in [0, 0.1) is 28.1 Å². The third kappa shape index (κ3) is 2.07. The van der Waals surface area contributed by atoms with E-state index in [1.54, 1.807) is 12.5 Å². The highest BCUT2D eigenvalue weighted by atomic mass is 16.7. The highest BCUT2D eigenvalue weighted by molar-refractivity contribution is 5.82. The van der Waals surface area contributed by atoms with E-state index in [1.807, 2.05) is 6.07 Å². The van der Waals surface area contributed by atoms with Gasteiger partial charge >= 0.3 is 11.9 Å². The lowest BCUT2D eigenvalue weighted by Crippen LogP contribution is -2.73. The second-order valence-corrected chi connectivity index (χ2v) is 12.4. The van der Waals surface area contributed by atoms with Gasteiger partial charge in [-0.2, -0.15) is 0 Å². The highest BCUT2D eigenvalue weighted by Crippen LogP contribution is 2.80. The van der Waals surface area contributed by atoms with Gasteiger partial charge < -0.3 is 28.5 Å². The molecule has 6 fully saturated rings. The molecule has 0 bridgehead atoms. The van der Waals surface area contributed by atoms with E-state index in [2.05, 4.69) is 27.7 Å². The van der Waals surface area contributed by atoms with Gasteiger partial charge in [-0.15, -0.1) is 0 Å². The zero-order chi connectivity index (χ0) is 23.9. The van der Waals surface area contributed by atoms with Gasteiger partial charge in [0.05, 0.1) is 36.8 Å². The van der Waals surface area contributed by atoms with Crippen molar-refractivity contribution in [2.75, 3.05) is 6.61 Å². The lowest BCUT2D eigenvalue weighted by molar-refractivity contribution is -0.261. The average Bonchev–Trinajstić information content (AvgIpc) is 3.26. The fourth-order valence-electron chi connectivity index (χ4n) is 9.62. The summed E-state index contributed by atoms with van der Waals surface area (Å²) in [6, 6.07) is 1.84. The number of fused-ring (bicyclic) bond motifs is 1. The Hall–Kier alpha value is -1.90. The SMILES string of the molecule is CC1(C)O[C@H]2CC(=O)OC[C@]23[C@H]2CC[C@@]4(C)[C@H](c5ccoc5)OC(=O)C5OC54[C@]2(C)[C@H](O)C[C@@H]13. The van der Waals surface area contributed by atoms with Crippen molar-refractivity contribution in [3.63, 3.8) is 0 Å². The van der Waals surface area contributed by atoms with Crippen LogP contribution < -0.4 is 0 Å². The number of esters is 2. The number of cyclic esters (lactones) is 2. The van der Waals surface area contributed by atoms with E-state index >= 15 is 0 Å². The molecule has 2 spiro atoms. The molecule has 0 aromatic carbocycles. The van der Waals surface area contributed by atoms with Gasteiger partial charge in [-0.1, -0.05) is 13.8 Å². The summed E-state index contributed by atoms with van der Waals surface area (Å²) in [4.78, 5) is 25.5. The van der Waals surface area contributed by atoms with Crippen LogP contribution in [0.25, 0.3) is 0 Å². The first-order valence-corrected chi connectivity index (χ1v) is 12.4. The molecule has 4 aliphatic heterocycles. The van der Waals surface area contributed by atoms with Gasteiger partial charge in [0.25, 0.3) is 0 Å². The second-order valence-electron chi connectivity index (χ2n) is 12.4. The van der Waals surface area contributed by atoms with Gasteiger partial charge in [-0.05, 0) is 45.1 Å². The molecular weight excluding hydrogens is 440 g/mol. The maximum atomic E-state index is 13.2. The van der Waals surface area contributed by atoms with E-state index < -0.39 is 45.8 Å². The Morgan fingerprint density at radius 3 is 2.59 bits per heavy atom. The number of aliphatic hydroxyl groups excluding tert-OH is 1. The molecule has 2 unspecified atom stereocenters.